The van der Waals surface area contributed by atoms with Crippen molar-refractivity contribution in [1.29, 1.82) is 0 Å². The normalized spacial score (nSPS) is 11.4. The van der Waals surface area contributed by atoms with Crippen molar-refractivity contribution in [2.75, 3.05) is 31.6 Å². The maximum atomic E-state index is 5.40. The smallest absolute Gasteiger partial charge is 0.191 e. The zero-order valence-corrected chi connectivity index (χ0v) is 17.9. The second-order valence-corrected chi connectivity index (χ2v) is 8.14. The predicted octanol–water partition coefficient (Wildman–Crippen LogP) is 3.85. The third-order valence-electron chi connectivity index (χ3n) is 4.45. The first kappa shape index (κ1) is 20.9. The number of hydrogen-bond acceptors (Lipinski definition) is 5. The topological polar surface area (TPSA) is 65.7 Å². The highest BCUT2D eigenvalue weighted by Crippen LogP contribution is 2.12. The summed E-state index contributed by atoms with van der Waals surface area (Å²) in [6.45, 7) is 5.23. The van der Waals surface area contributed by atoms with E-state index in [0.29, 0.717) is 6.54 Å². The fourth-order valence-electron chi connectivity index (χ4n) is 2.89. The van der Waals surface area contributed by atoms with Crippen molar-refractivity contribution in [3.63, 3.8) is 0 Å². The lowest BCUT2D eigenvalue weighted by atomic mass is 10.3. The SMILES string of the molecule is Cc1cnc(CN=C(NCCCN(C)c2ccccc2)NCCc2ccco2)s1. The van der Waals surface area contributed by atoms with Crippen LogP contribution in [0.25, 0.3) is 0 Å². The van der Waals surface area contributed by atoms with Crippen LogP contribution in [0.5, 0.6) is 0 Å². The van der Waals surface area contributed by atoms with Crippen molar-refractivity contribution in [3.8, 4) is 0 Å². The monoisotopic (exact) mass is 411 g/mol. The van der Waals surface area contributed by atoms with Gasteiger partial charge in [0, 0.05) is 49.9 Å². The Morgan fingerprint density at radius 3 is 2.69 bits per heavy atom. The van der Waals surface area contributed by atoms with Gasteiger partial charge in [0.05, 0.1) is 12.8 Å². The molecule has 0 unspecified atom stereocenters. The summed E-state index contributed by atoms with van der Waals surface area (Å²) in [5, 5.41) is 7.87. The molecule has 2 heterocycles. The van der Waals surface area contributed by atoms with Crippen molar-refractivity contribution in [2.24, 2.45) is 4.99 Å². The molecule has 0 aliphatic heterocycles. The van der Waals surface area contributed by atoms with E-state index in [1.165, 1.54) is 10.6 Å². The molecule has 0 aliphatic carbocycles. The van der Waals surface area contributed by atoms with Gasteiger partial charge in [0.25, 0.3) is 0 Å². The Kier molecular flexibility index (Phi) is 8.12. The van der Waals surface area contributed by atoms with Crippen LogP contribution in [0.2, 0.25) is 0 Å². The number of aromatic nitrogens is 1. The summed E-state index contributed by atoms with van der Waals surface area (Å²) < 4.78 is 5.40. The number of nitrogens with one attached hydrogen (secondary N) is 2. The van der Waals surface area contributed by atoms with E-state index in [1.807, 2.05) is 24.4 Å². The van der Waals surface area contributed by atoms with E-state index in [0.717, 1.165) is 49.2 Å². The lowest BCUT2D eigenvalue weighted by Crippen LogP contribution is -2.39. The summed E-state index contributed by atoms with van der Waals surface area (Å²) in [4.78, 5) is 12.6. The molecule has 0 spiro atoms. The van der Waals surface area contributed by atoms with Gasteiger partial charge in [-0.1, -0.05) is 18.2 Å². The van der Waals surface area contributed by atoms with Crippen molar-refractivity contribution >= 4 is 23.0 Å². The molecule has 1 aromatic carbocycles. The molecule has 154 valence electrons. The van der Waals surface area contributed by atoms with Crippen LogP contribution in [-0.2, 0) is 13.0 Å². The number of guanidine groups is 1. The average molecular weight is 412 g/mol. The fraction of sp³-hybridized carbons (Fsp3) is 0.364. The van der Waals surface area contributed by atoms with Crippen LogP contribution < -0.4 is 15.5 Å². The number of aryl methyl sites for hydroxylation is 1. The Labute approximate surface area is 176 Å². The predicted molar refractivity (Wildman–Crippen MR) is 121 cm³/mol. The molecular weight excluding hydrogens is 382 g/mol. The molecule has 2 N–H and O–H groups in total. The van der Waals surface area contributed by atoms with Crippen LogP contribution in [0.4, 0.5) is 5.69 Å². The minimum absolute atomic E-state index is 0.582. The molecular formula is C22H29N5OS. The van der Waals surface area contributed by atoms with Crippen LogP contribution in [0, 0.1) is 6.92 Å². The molecule has 7 heteroatoms. The summed E-state index contributed by atoms with van der Waals surface area (Å²) in [5.74, 6) is 1.78. The van der Waals surface area contributed by atoms with Crippen molar-refractivity contribution in [2.45, 2.75) is 26.3 Å². The van der Waals surface area contributed by atoms with Gasteiger partial charge in [-0.25, -0.2) is 9.98 Å². The van der Waals surface area contributed by atoms with Gasteiger partial charge in [-0.05, 0) is 37.6 Å². The van der Waals surface area contributed by atoms with E-state index < -0.39 is 0 Å². The molecule has 0 saturated heterocycles. The molecule has 29 heavy (non-hydrogen) atoms. The highest BCUT2D eigenvalue weighted by Gasteiger charge is 2.04. The van der Waals surface area contributed by atoms with E-state index in [2.05, 4.69) is 58.8 Å². The Hall–Kier alpha value is -2.80. The van der Waals surface area contributed by atoms with Gasteiger partial charge in [0.1, 0.15) is 10.8 Å². The first-order chi connectivity index (χ1) is 14.2. The van der Waals surface area contributed by atoms with E-state index >= 15 is 0 Å². The molecule has 0 bridgehead atoms. The maximum absolute atomic E-state index is 5.40. The number of para-hydroxylation sites is 1. The lowest BCUT2D eigenvalue weighted by Gasteiger charge is -2.19. The number of furan rings is 1. The van der Waals surface area contributed by atoms with Crippen LogP contribution in [0.3, 0.4) is 0 Å². The zero-order chi connectivity index (χ0) is 20.3. The Morgan fingerprint density at radius 2 is 1.97 bits per heavy atom. The number of aliphatic imine (C=N–C) groups is 1. The molecule has 0 amide bonds. The minimum atomic E-state index is 0.582. The van der Waals surface area contributed by atoms with E-state index in [1.54, 1.807) is 17.6 Å². The van der Waals surface area contributed by atoms with Gasteiger partial charge in [-0.3, -0.25) is 0 Å². The molecule has 2 aromatic heterocycles. The number of thiazole rings is 1. The molecule has 3 aromatic rings. The summed E-state index contributed by atoms with van der Waals surface area (Å²) in [7, 11) is 2.12. The zero-order valence-electron chi connectivity index (χ0n) is 17.1. The summed E-state index contributed by atoms with van der Waals surface area (Å²) in [6.07, 6.45) is 5.43. The summed E-state index contributed by atoms with van der Waals surface area (Å²) >= 11 is 1.69. The second-order valence-electron chi connectivity index (χ2n) is 6.82. The van der Waals surface area contributed by atoms with Gasteiger partial charge in [-0.15, -0.1) is 11.3 Å². The Bertz CT molecular complexity index is 860. The molecule has 6 nitrogen and oxygen atoms in total. The summed E-state index contributed by atoms with van der Waals surface area (Å²) in [5.41, 5.74) is 1.23. The van der Waals surface area contributed by atoms with E-state index in [9.17, 15) is 0 Å². The van der Waals surface area contributed by atoms with E-state index in [-0.39, 0.29) is 0 Å². The average Bonchev–Trinajstić information content (AvgIpc) is 3.41. The minimum Gasteiger partial charge on any atom is -0.469 e. The van der Waals surface area contributed by atoms with Crippen LogP contribution in [0.15, 0.2) is 64.3 Å². The van der Waals surface area contributed by atoms with Crippen LogP contribution >= 0.6 is 11.3 Å². The Morgan fingerprint density at radius 1 is 1.14 bits per heavy atom. The molecule has 0 fully saturated rings. The molecule has 3 rings (SSSR count). The van der Waals surface area contributed by atoms with E-state index in [4.69, 9.17) is 9.41 Å². The van der Waals surface area contributed by atoms with Gasteiger partial charge in [-0.2, -0.15) is 0 Å². The third kappa shape index (κ3) is 7.27. The number of hydrogen-bond donors (Lipinski definition) is 2. The first-order valence-corrected chi connectivity index (χ1v) is 10.7. The maximum Gasteiger partial charge on any atom is 0.191 e. The number of benzene rings is 1. The molecule has 0 radical (unpaired) electrons. The second kappa shape index (κ2) is 11.3. The molecule has 0 aliphatic rings. The van der Waals surface area contributed by atoms with Gasteiger partial charge in [0.2, 0.25) is 0 Å². The Balaban J connectivity index is 1.47. The summed E-state index contributed by atoms with van der Waals surface area (Å²) in [6, 6.07) is 14.3. The largest absolute Gasteiger partial charge is 0.469 e. The van der Waals surface area contributed by atoms with Crippen molar-refractivity contribution < 1.29 is 4.42 Å². The van der Waals surface area contributed by atoms with Gasteiger partial charge >= 0.3 is 0 Å². The fourth-order valence-corrected chi connectivity index (χ4v) is 3.60. The number of anilines is 1. The molecule has 0 atom stereocenters. The third-order valence-corrected chi connectivity index (χ3v) is 5.34. The van der Waals surface area contributed by atoms with Crippen LogP contribution in [0.1, 0.15) is 22.1 Å². The van der Waals surface area contributed by atoms with Gasteiger partial charge in [0.15, 0.2) is 5.96 Å². The molecule has 0 saturated carbocycles. The lowest BCUT2D eigenvalue weighted by molar-refractivity contribution is 0.506. The number of rotatable bonds is 10. The first-order valence-electron chi connectivity index (χ1n) is 9.93. The highest BCUT2D eigenvalue weighted by molar-refractivity contribution is 7.11. The van der Waals surface area contributed by atoms with Crippen molar-refractivity contribution in [3.05, 3.63) is 70.6 Å². The number of nitrogens with zero attached hydrogens (tertiary/aromatic N) is 3. The van der Waals surface area contributed by atoms with Gasteiger partial charge < -0.3 is 20.0 Å². The van der Waals surface area contributed by atoms with Crippen LogP contribution in [-0.4, -0.2) is 37.6 Å². The van der Waals surface area contributed by atoms with Crippen molar-refractivity contribution in [1.82, 2.24) is 15.6 Å². The highest BCUT2D eigenvalue weighted by atomic mass is 32.1. The quantitative estimate of drug-likeness (QED) is 0.301. The standard InChI is InChI=1S/C22H29N5OS/c1-18-16-25-21(29-18)17-26-22(24-13-11-20-10-6-15-28-20)23-12-7-14-27(2)19-8-4-3-5-9-19/h3-6,8-10,15-16H,7,11-14,17H2,1-2H3,(H2,23,24,26).